The third kappa shape index (κ3) is 3.85. The number of amides is 2. The highest BCUT2D eigenvalue weighted by Crippen LogP contribution is 2.19. The lowest BCUT2D eigenvalue weighted by Gasteiger charge is -2.14. The summed E-state index contributed by atoms with van der Waals surface area (Å²) in [6.45, 7) is -0.489. The van der Waals surface area contributed by atoms with Crippen molar-refractivity contribution in [2.45, 2.75) is 12.5 Å². The molecule has 0 aliphatic carbocycles. The van der Waals surface area contributed by atoms with Crippen LogP contribution in [0.4, 0.5) is 23.7 Å². The first-order valence-electron chi connectivity index (χ1n) is 5.41. The van der Waals surface area contributed by atoms with Crippen molar-refractivity contribution in [3.63, 3.8) is 0 Å². The van der Waals surface area contributed by atoms with Gasteiger partial charge in [-0.1, -0.05) is 0 Å². The van der Waals surface area contributed by atoms with Crippen molar-refractivity contribution < 1.29 is 33.0 Å². The zero-order valence-corrected chi connectivity index (χ0v) is 9.99. The topological polar surface area (TPSA) is 98.7 Å². The van der Waals surface area contributed by atoms with Crippen LogP contribution in [0.1, 0.15) is 6.42 Å². The van der Waals surface area contributed by atoms with E-state index in [0.717, 1.165) is 6.07 Å². The maximum Gasteiger partial charge on any atom is 0.326 e. The number of rotatable bonds is 5. The average Bonchev–Trinajstić information content (AvgIpc) is 2.39. The molecule has 0 aromatic heterocycles. The van der Waals surface area contributed by atoms with Crippen molar-refractivity contribution >= 4 is 17.7 Å². The van der Waals surface area contributed by atoms with Gasteiger partial charge in [0.25, 0.3) is 0 Å². The summed E-state index contributed by atoms with van der Waals surface area (Å²) in [5, 5.41) is 21.1. The third-order valence-electron chi connectivity index (χ3n) is 2.30. The van der Waals surface area contributed by atoms with Crippen molar-refractivity contribution in [2.24, 2.45) is 0 Å². The molecule has 0 aliphatic rings. The minimum absolute atomic E-state index is 0.261. The summed E-state index contributed by atoms with van der Waals surface area (Å²) in [5.41, 5.74) is -0.644. The molecule has 1 aromatic rings. The summed E-state index contributed by atoms with van der Waals surface area (Å²) < 4.78 is 38.8. The zero-order chi connectivity index (χ0) is 15.3. The van der Waals surface area contributed by atoms with E-state index in [1.54, 1.807) is 0 Å². The van der Waals surface area contributed by atoms with Gasteiger partial charge in [-0.25, -0.2) is 22.8 Å². The maximum atomic E-state index is 13.3. The quantitative estimate of drug-likeness (QED) is 0.610. The van der Waals surface area contributed by atoms with Crippen LogP contribution in [-0.4, -0.2) is 34.9 Å². The van der Waals surface area contributed by atoms with Crippen LogP contribution in [0.25, 0.3) is 0 Å². The Balaban J connectivity index is 2.76. The molecule has 1 aromatic carbocycles. The van der Waals surface area contributed by atoms with Crippen LogP contribution in [0.2, 0.25) is 0 Å². The molecule has 4 N–H and O–H groups in total. The lowest BCUT2D eigenvalue weighted by molar-refractivity contribution is -0.139. The molecule has 0 heterocycles. The highest BCUT2D eigenvalue weighted by molar-refractivity contribution is 5.92. The Kier molecular flexibility index (Phi) is 5.32. The predicted octanol–water partition coefficient (Wildman–Crippen LogP) is 1.06. The van der Waals surface area contributed by atoms with Gasteiger partial charge >= 0.3 is 12.0 Å². The number of nitrogens with one attached hydrogen (secondary N) is 2. The monoisotopic (exact) mass is 292 g/mol. The number of urea groups is 1. The molecule has 1 rings (SSSR count). The van der Waals surface area contributed by atoms with Crippen LogP contribution in [0, 0.1) is 17.5 Å². The number of hydrogen-bond donors (Lipinski definition) is 4. The largest absolute Gasteiger partial charge is 0.480 e. The molecule has 1 atom stereocenters. The van der Waals surface area contributed by atoms with Gasteiger partial charge in [-0.15, -0.1) is 0 Å². The third-order valence-corrected chi connectivity index (χ3v) is 2.30. The first-order chi connectivity index (χ1) is 9.36. The highest BCUT2D eigenvalue weighted by atomic mass is 19.2. The summed E-state index contributed by atoms with van der Waals surface area (Å²) in [6, 6.07) is -1.13. The Hall–Kier alpha value is -2.29. The Labute approximate surface area is 111 Å². The van der Waals surface area contributed by atoms with E-state index in [9.17, 15) is 22.8 Å². The number of carbonyl (C=O) groups is 2. The second-order valence-electron chi connectivity index (χ2n) is 3.72. The van der Waals surface area contributed by atoms with Crippen molar-refractivity contribution in [1.82, 2.24) is 5.32 Å². The second-order valence-corrected chi connectivity index (χ2v) is 3.72. The Morgan fingerprint density at radius 3 is 2.40 bits per heavy atom. The molecule has 0 spiro atoms. The number of carboxylic acid groups (broad SMARTS) is 1. The van der Waals surface area contributed by atoms with E-state index in [2.05, 4.69) is 0 Å². The Morgan fingerprint density at radius 1 is 1.20 bits per heavy atom. The first-order valence-corrected chi connectivity index (χ1v) is 5.41. The number of halogens is 3. The molecule has 0 saturated carbocycles. The molecule has 1 unspecified atom stereocenters. The number of carbonyl (C=O) groups excluding carboxylic acids is 1. The van der Waals surface area contributed by atoms with Crippen molar-refractivity contribution in [3.05, 3.63) is 29.6 Å². The minimum atomic E-state index is -1.76. The van der Waals surface area contributed by atoms with E-state index in [1.807, 2.05) is 10.6 Å². The van der Waals surface area contributed by atoms with E-state index >= 15 is 0 Å². The molecule has 6 nitrogen and oxygen atoms in total. The van der Waals surface area contributed by atoms with Crippen LogP contribution in [0.15, 0.2) is 12.1 Å². The van der Waals surface area contributed by atoms with Crippen LogP contribution in [0.5, 0.6) is 0 Å². The van der Waals surface area contributed by atoms with Gasteiger partial charge in [-0.05, 0) is 12.1 Å². The highest BCUT2D eigenvalue weighted by Gasteiger charge is 2.21. The van der Waals surface area contributed by atoms with Gasteiger partial charge in [0.05, 0.1) is 5.69 Å². The predicted molar refractivity (Wildman–Crippen MR) is 61.6 cm³/mol. The minimum Gasteiger partial charge on any atom is -0.480 e. The smallest absolute Gasteiger partial charge is 0.326 e. The van der Waals surface area contributed by atoms with Gasteiger partial charge in [0.15, 0.2) is 17.5 Å². The maximum absolute atomic E-state index is 13.3. The van der Waals surface area contributed by atoms with E-state index in [0.29, 0.717) is 6.07 Å². The molecular formula is C11H11F3N2O4. The molecule has 9 heteroatoms. The van der Waals surface area contributed by atoms with Crippen LogP contribution in [-0.2, 0) is 4.79 Å². The SMILES string of the molecule is O=C(Nc1ccc(F)c(F)c1F)NC(CCO)C(=O)O. The molecule has 0 aliphatic heterocycles. The van der Waals surface area contributed by atoms with Crippen LogP contribution in [0.3, 0.4) is 0 Å². The number of anilines is 1. The first kappa shape index (κ1) is 15.8. The summed E-state index contributed by atoms with van der Waals surface area (Å²) in [4.78, 5) is 22.1. The molecule has 20 heavy (non-hydrogen) atoms. The summed E-state index contributed by atoms with van der Waals surface area (Å²) in [6.07, 6.45) is -0.261. The fourth-order valence-electron chi connectivity index (χ4n) is 1.33. The van der Waals surface area contributed by atoms with Crippen LogP contribution >= 0.6 is 0 Å². The number of benzene rings is 1. The lowest BCUT2D eigenvalue weighted by Crippen LogP contribution is -2.43. The van der Waals surface area contributed by atoms with Crippen LogP contribution < -0.4 is 10.6 Å². The fourth-order valence-corrected chi connectivity index (χ4v) is 1.33. The summed E-state index contributed by atoms with van der Waals surface area (Å²) in [7, 11) is 0. The Morgan fingerprint density at radius 2 is 1.85 bits per heavy atom. The Bertz CT molecular complexity index is 525. The normalized spacial score (nSPS) is 11.8. The van der Waals surface area contributed by atoms with Gasteiger partial charge in [0.2, 0.25) is 0 Å². The molecule has 0 bridgehead atoms. The second kappa shape index (κ2) is 6.75. The van der Waals surface area contributed by atoms with Gasteiger partial charge in [-0.2, -0.15) is 0 Å². The molecule has 110 valence electrons. The molecule has 2 amide bonds. The van der Waals surface area contributed by atoms with Gasteiger partial charge in [-0.3, -0.25) is 0 Å². The van der Waals surface area contributed by atoms with E-state index in [4.69, 9.17) is 10.2 Å². The zero-order valence-electron chi connectivity index (χ0n) is 9.99. The van der Waals surface area contributed by atoms with E-state index in [-0.39, 0.29) is 6.42 Å². The average molecular weight is 292 g/mol. The fraction of sp³-hybridized carbons (Fsp3) is 0.273. The standard InChI is InChI=1S/C11H11F3N2O4/c12-5-1-2-6(9(14)8(5)13)15-11(20)16-7(3-4-17)10(18)19/h1-2,7,17H,3-4H2,(H,18,19)(H2,15,16,20). The number of aliphatic hydroxyl groups excluding tert-OH is 1. The van der Waals surface area contributed by atoms with E-state index in [1.165, 1.54) is 0 Å². The lowest BCUT2D eigenvalue weighted by atomic mass is 10.2. The molecule has 0 saturated heterocycles. The summed E-state index contributed by atoms with van der Waals surface area (Å²) in [5.74, 6) is -6.18. The van der Waals surface area contributed by atoms with Gasteiger partial charge < -0.3 is 20.8 Å². The number of aliphatic hydroxyl groups is 1. The van der Waals surface area contributed by atoms with Gasteiger partial charge in [0, 0.05) is 13.0 Å². The molecule has 0 radical (unpaired) electrons. The molecule has 0 fully saturated rings. The van der Waals surface area contributed by atoms with E-state index < -0.39 is 47.8 Å². The van der Waals surface area contributed by atoms with Crippen molar-refractivity contribution in [2.75, 3.05) is 11.9 Å². The van der Waals surface area contributed by atoms with Crippen molar-refractivity contribution in [3.8, 4) is 0 Å². The number of aliphatic carboxylic acids is 1. The van der Waals surface area contributed by atoms with Gasteiger partial charge in [0.1, 0.15) is 6.04 Å². The number of hydrogen-bond acceptors (Lipinski definition) is 3. The molecular weight excluding hydrogens is 281 g/mol. The number of carboxylic acids is 1. The summed E-state index contributed by atoms with van der Waals surface area (Å²) >= 11 is 0. The van der Waals surface area contributed by atoms with Crippen molar-refractivity contribution in [1.29, 1.82) is 0 Å².